The normalized spacial score (nSPS) is 24.5. The average Bonchev–Trinajstić information content (AvgIpc) is 3.06. The maximum absolute atomic E-state index is 7.88. The molecule has 5 rings (SSSR count). The molecule has 0 spiro atoms. The Morgan fingerprint density at radius 3 is 1.74 bits per heavy atom. The average molecular weight is 815 g/mol. The number of hydrogen-bond acceptors (Lipinski definition) is 6. The Labute approximate surface area is 316 Å². The predicted octanol–water partition coefficient (Wildman–Crippen LogP) is 8.96. The van der Waals surface area contributed by atoms with Crippen molar-refractivity contribution in [1.29, 1.82) is 0 Å². The summed E-state index contributed by atoms with van der Waals surface area (Å²) in [6.45, 7) is 16.5. The Hall–Kier alpha value is -1.63. The minimum Gasteiger partial charge on any atom is -0.402 e. The number of alkyl halides is 1. The highest BCUT2D eigenvalue weighted by atomic mass is 127. The van der Waals surface area contributed by atoms with E-state index in [0.717, 1.165) is 43.0 Å². The molecular weight excluding hydrogens is 755 g/mol. The quantitative estimate of drug-likeness (QED) is 0.0662. The van der Waals surface area contributed by atoms with Crippen LogP contribution in [0.25, 0.3) is 0 Å². The van der Waals surface area contributed by atoms with Crippen LogP contribution in [-0.2, 0) is 34.7 Å². The van der Waals surface area contributed by atoms with Crippen molar-refractivity contribution < 1.29 is 28.1 Å². The fourth-order valence-corrected chi connectivity index (χ4v) is 13.3. The van der Waals surface area contributed by atoms with Crippen LogP contribution in [0.2, 0.25) is 5.04 Å². The summed E-state index contributed by atoms with van der Waals surface area (Å²) in [7, 11) is -2.87. The number of halogens is 1. The predicted molar refractivity (Wildman–Crippen MR) is 213 cm³/mol. The summed E-state index contributed by atoms with van der Waals surface area (Å²) in [5.41, 5.74) is 1.18. The van der Waals surface area contributed by atoms with Gasteiger partial charge in [-0.2, -0.15) is 0 Å². The lowest BCUT2D eigenvalue weighted by molar-refractivity contribution is -0.314. The Balaban J connectivity index is 1.41. The lowest BCUT2D eigenvalue weighted by Gasteiger charge is -2.49. The summed E-state index contributed by atoms with van der Waals surface area (Å²) in [5.74, 6) is -1.38. The molecule has 0 bridgehead atoms. The number of hydrogen-bond donors (Lipinski definition) is 0. The van der Waals surface area contributed by atoms with Crippen LogP contribution in [0, 0.1) is 0 Å². The first-order chi connectivity index (χ1) is 23.8. The summed E-state index contributed by atoms with van der Waals surface area (Å²) in [6.07, 6.45) is 5.00. The second-order valence-electron chi connectivity index (χ2n) is 15.8. The van der Waals surface area contributed by atoms with Crippen LogP contribution < -0.4 is 10.4 Å². The fourth-order valence-electron chi connectivity index (χ4n) is 7.82. The molecule has 0 saturated carbocycles. The lowest BCUT2D eigenvalue weighted by atomic mass is 9.95. The summed E-state index contributed by atoms with van der Waals surface area (Å²) in [4.78, 5) is 0. The van der Waals surface area contributed by atoms with E-state index in [1.807, 2.05) is 45.9 Å². The van der Waals surface area contributed by atoms with Gasteiger partial charge in [-0.15, -0.1) is 0 Å². The largest absolute Gasteiger partial charge is 0.402 e. The summed E-state index contributed by atoms with van der Waals surface area (Å²) in [5, 5.41) is 2.40. The molecule has 2 aliphatic heterocycles. The Bertz CT molecular complexity index is 1390. The van der Waals surface area contributed by atoms with E-state index in [4.69, 9.17) is 28.1 Å². The molecule has 0 amide bonds. The third-order valence-electron chi connectivity index (χ3n) is 9.87. The van der Waals surface area contributed by atoms with Crippen LogP contribution >= 0.6 is 22.6 Å². The minimum atomic E-state index is -2.87. The van der Waals surface area contributed by atoms with Crippen molar-refractivity contribution in [3.8, 4) is 0 Å². The van der Waals surface area contributed by atoms with Gasteiger partial charge in [-0.1, -0.05) is 134 Å². The molecular formula is C42H59IO6Si. The van der Waals surface area contributed by atoms with Crippen LogP contribution in [0.5, 0.6) is 0 Å². The highest BCUT2D eigenvalue weighted by Crippen LogP contribution is 2.41. The molecule has 0 aromatic heterocycles. The number of ether oxygens (including phenoxy) is 5. The fraction of sp³-hybridized carbons (Fsp3) is 0.571. The molecule has 3 aromatic carbocycles. The summed E-state index contributed by atoms with van der Waals surface area (Å²) < 4.78 is 41.3. The van der Waals surface area contributed by atoms with Gasteiger partial charge in [0.25, 0.3) is 8.32 Å². The monoisotopic (exact) mass is 814 g/mol. The van der Waals surface area contributed by atoms with Crippen LogP contribution in [0.15, 0.2) is 91.0 Å². The van der Waals surface area contributed by atoms with Crippen molar-refractivity contribution in [1.82, 2.24) is 0 Å². The Morgan fingerprint density at radius 1 is 0.700 bits per heavy atom. The van der Waals surface area contributed by atoms with Crippen LogP contribution in [0.3, 0.4) is 0 Å². The van der Waals surface area contributed by atoms with Gasteiger partial charge in [0.1, 0.15) is 0 Å². The van der Waals surface area contributed by atoms with E-state index in [0.29, 0.717) is 13.2 Å². The van der Waals surface area contributed by atoms with Crippen molar-refractivity contribution in [3.05, 3.63) is 96.6 Å². The highest BCUT2D eigenvalue weighted by Gasteiger charge is 2.53. The van der Waals surface area contributed by atoms with Crippen molar-refractivity contribution in [3.63, 3.8) is 0 Å². The molecule has 2 saturated heterocycles. The molecule has 5 atom stereocenters. The summed E-state index contributed by atoms with van der Waals surface area (Å²) >= 11 is 2.46. The molecule has 50 heavy (non-hydrogen) atoms. The highest BCUT2D eigenvalue weighted by molar-refractivity contribution is 14.1. The van der Waals surface area contributed by atoms with E-state index in [2.05, 4.69) is 116 Å². The van der Waals surface area contributed by atoms with E-state index < -0.39 is 19.9 Å². The second kappa shape index (κ2) is 17.5. The molecule has 6 nitrogen and oxygen atoms in total. The third-order valence-corrected chi connectivity index (χ3v) is 15.6. The third kappa shape index (κ3) is 10.5. The lowest BCUT2D eigenvalue weighted by Crippen LogP contribution is -2.69. The molecule has 2 fully saturated rings. The Kier molecular flexibility index (Phi) is 13.8. The molecule has 8 heteroatoms. The van der Waals surface area contributed by atoms with E-state index >= 15 is 0 Å². The standard InChI is InChI=1S/C42H59IO6Si/c1-40(2,3)50(36-19-13-9-14-20-36,37-21-15-10-16-22-37)49-38(39-30-34(25-27-43)46-42(6,7)48-39)24-23-33-29-35(47-41(4,5)45-33)26-28-44-31-32-17-11-8-12-18-32/h8-22,33-35,38-39H,23-31H2,1-7H3/t33-,34-,35+,38-,39-/m1/s1. The van der Waals surface area contributed by atoms with E-state index in [-0.39, 0.29) is 35.6 Å². The molecule has 0 aliphatic carbocycles. The number of benzene rings is 3. The minimum absolute atomic E-state index is 0.0288. The van der Waals surface area contributed by atoms with Crippen molar-refractivity contribution in [2.75, 3.05) is 11.0 Å². The first-order valence-corrected chi connectivity index (χ1v) is 21.9. The van der Waals surface area contributed by atoms with Crippen molar-refractivity contribution >= 4 is 41.3 Å². The van der Waals surface area contributed by atoms with E-state index in [1.54, 1.807) is 0 Å². The van der Waals surface area contributed by atoms with Crippen LogP contribution in [0.1, 0.15) is 92.6 Å². The maximum atomic E-state index is 7.88. The molecule has 0 radical (unpaired) electrons. The van der Waals surface area contributed by atoms with Gasteiger partial charge in [0, 0.05) is 23.9 Å². The van der Waals surface area contributed by atoms with Crippen LogP contribution in [0.4, 0.5) is 0 Å². The van der Waals surface area contributed by atoms with Gasteiger partial charge in [-0.3, -0.25) is 0 Å². The van der Waals surface area contributed by atoms with Gasteiger partial charge in [-0.25, -0.2) is 0 Å². The van der Waals surface area contributed by atoms with E-state index in [1.165, 1.54) is 15.9 Å². The van der Waals surface area contributed by atoms with Crippen molar-refractivity contribution in [2.24, 2.45) is 0 Å². The SMILES string of the molecule is CC1(C)O[C@H](CC[C@@H](O[Si](c2ccccc2)(c2ccccc2)C(C)(C)C)[C@H]2C[C@@H](CCI)OC(C)(C)O2)C[C@H](CCOCc2ccccc2)O1. The van der Waals surface area contributed by atoms with Gasteiger partial charge in [0.05, 0.1) is 37.1 Å². The smallest absolute Gasteiger partial charge is 0.261 e. The zero-order chi connectivity index (χ0) is 35.8. The zero-order valence-electron chi connectivity index (χ0n) is 31.2. The number of rotatable bonds is 15. The van der Waals surface area contributed by atoms with Gasteiger partial charge in [0.15, 0.2) is 11.6 Å². The van der Waals surface area contributed by atoms with Crippen LogP contribution in [-0.4, -0.2) is 61.4 Å². The van der Waals surface area contributed by atoms with Gasteiger partial charge >= 0.3 is 0 Å². The molecule has 3 aromatic rings. The Morgan fingerprint density at radius 2 is 1.20 bits per heavy atom. The first kappa shape index (κ1) is 39.6. The molecule has 0 N–H and O–H groups in total. The molecule has 0 unspecified atom stereocenters. The first-order valence-electron chi connectivity index (χ1n) is 18.5. The molecule has 2 aliphatic rings. The maximum Gasteiger partial charge on any atom is 0.261 e. The molecule has 2 heterocycles. The van der Waals surface area contributed by atoms with E-state index in [9.17, 15) is 0 Å². The zero-order valence-corrected chi connectivity index (χ0v) is 34.4. The second-order valence-corrected chi connectivity index (χ2v) is 21.2. The summed E-state index contributed by atoms with van der Waals surface area (Å²) in [6, 6.07) is 32.2. The topological polar surface area (TPSA) is 55.4 Å². The van der Waals surface area contributed by atoms with Gasteiger partial charge < -0.3 is 28.1 Å². The molecule has 274 valence electrons. The van der Waals surface area contributed by atoms with Crippen molar-refractivity contribution in [2.45, 2.75) is 141 Å². The van der Waals surface area contributed by atoms with Gasteiger partial charge in [0.2, 0.25) is 0 Å². The van der Waals surface area contributed by atoms with Gasteiger partial charge in [-0.05, 0) is 74.4 Å².